The van der Waals surface area contributed by atoms with Crippen LogP contribution in [0.2, 0.25) is 10.0 Å². The maximum absolute atomic E-state index is 11.1. The zero-order valence-electron chi connectivity index (χ0n) is 19.2. The third-order valence-electron chi connectivity index (χ3n) is 5.45. The Bertz CT molecular complexity index is 874. The zero-order chi connectivity index (χ0) is 23.9. The molecule has 2 aromatic carbocycles. The monoisotopic (exact) mass is 500 g/mol. The highest BCUT2D eigenvalue weighted by molar-refractivity contribution is 6.37. The van der Waals surface area contributed by atoms with Gasteiger partial charge in [-0.2, -0.15) is 0 Å². The van der Waals surface area contributed by atoms with Crippen LogP contribution >= 0.6 is 34.8 Å². The molecule has 2 atom stereocenters. The molecule has 2 rings (SSSR count). The van der Waals surface area contributed by atoms with Crippen LogP contribution in [0.25, 0.3) is 0 Å². The van der Waals surface area contributed by atoms with Crippen molar-refractivity contribution >= 4 is 40.8 Å². The van der Waals surface area contributed by atoms with Gasteiger partial charge in [-0.15, -0.1) is 11.6 Å². The summed E-state index contributed by atoms with van der Waals surface area (Å²) in [4.78, 5) is 11.1. The van der Waals surface area contributed by atoms with Crippen molar-refractivity contribution in [3.05, 3.63) is 57.6 Å². The summed E-state index contributed by atoms with van der Waals surface area (Å²) >= 11 is 18.9. The van der Waals surface area contributed by atoms with E-state index in [9.17, 15) is 4.79 Å². The van der Waals surface area contributed by atoms with Gasteiger partial charge >= 0.3 is 5.97 Å². The molecule has 0 aliphatic rings. The smallest absolute Gasteiger partial charge is 0.303 e. The van der Waals surface area contributed by atoms with Crippen LogP contribution in [0.4, 0.5) is 0 Å². The molecule has 0 unspecified atom stereocenters. The van der Waals surface area contributed by atoms with Crippen molar-refractivity contribution in [2.24, 2.45) is 5.92 Å². The average Bonchev–Trinajstić information content (AvgIpc) is 2.75. The standard InChI is InChI=1S/C25H31Cl3O4/c1-6-16(2)14-31-24-22(27)11-19(12-23(24)28)25(4,5)18-7-9-20(10-8-18)30-15-21(13-26)32-17(3)29/h7-12,16,21H,6,13-15H2,1-5H3/t16-,21-/m0/s1. The molecule has 0 saturated heterocycles. The molecule has 0 spiro atoms. The molecule has 0 saturated carbocycles. The van der Waals surface area contributed by atoms with Gasteiger partial charge in [0.15, 0.2) is 5.75 Å². The Morgan fingerprint density at radius 3 is 2.09 bits per heavy atom. The summed E-state index contributed by atoms with van der Waals surface area (Å²) in [6.45, 7) is 10.6. The van der Waals surface area contributed by atoms with E-state index in [1.165, 1.54) is 6.92 Å². The van der Waals surface area contributed by atoms with E-state index in [-0.39, 0.29) is 23.9 Å². The third kappa shape index (κ3) is 7.19. The average molecular weight is 502 g/mol. The lowest BCUT2D eigenvalue weighted by Crippen LogP contribution is -2.25. The number of benzene rings is 2. The molecule has 0 heterocycles. The fraction of sp³-hybridized carbons (Fsp3) is 0.480. The number of carbonyl (C=O) groups excluding carboxylic acids is 1. The highest BCUT2D eigenvalue weighted by atomic mass is 35.5. The van der Waals surface area contributed by atoms with Crippen molar-refractivity contribution in [2.75, 3.05) is 19.1 Å². The van der Waals surface area contributed by atoms with Crippen molar-refractivity contribution in [2.45, 2.75) is 52.6 Å². The van der Waals surface area contributed by atoms with E-state index >= 15 is 0 Å². The molecule has 4 nitrogen and oxygen atoms in total. The van der Waals surface area contributed by atoms with Gasteiger partial charge in [0.25, 0.3) is 0 Å². The third-order valence-corrected chi connectivity index (χ3v) is 6.35. The quantitative estimate of drug-likeness (QED) is 0.239. The summed E-state index contributed by atoms with van der Waals surface area (Å²) in [6.07, 6.45) is 0.534. The van der Waals surface area contributed by atoms with Gasteiger partial charge in [-0.05, 0) is 41.3 Å². The van der Waals surface area contributed by atoms with Crippen molar-refractivity contribution < 1.29 is 19.0 Å². The lowest BCUT2D eigenvalue weighted by atomic mass is 9.78. The van der Waals surface area contributed by atoms with Gasteiger partial charge in [0.2, 0.25) is 0 Å². The second-order valence-corrected chi connectivity index (χ2v) is 9.56. The largest absolute Gasteiger partial charge is 0.490 e. The molecular weight excluding hydrogens is 471 g/mol. The topological polar surface area (TPSA) is 44.8 Å². The van der Waals surface area contributed by atoms with E-state index in [0.717, 1.165) is 17.5 Å². The molecule has 32 heavy (non-hydrogen) atoms. The highest BCUT2D eigenvalue weighted by Gasteiger charge is 2.26. The molecule has 176 valence electrons. The Balaban J connectivity index is 2.14. The first kappa shape index (κ1) is 26.6. The fourth-order valence-electron chi connectivity index (χ4n) is 3.07. The Hall–Kier alpha value is -1.62. The summed E-state index contributed by atoms with van der Waals surface area (Å²) in [5.74, 6) is 1.40. The van der Waals surface area contributed by atoms with Gasteiger partial charge < -0.3 is 14.2 Å². The number of hydrogen-bond acceptors (Lipinski definition) is 4. The lowest BCUT2D eigenvalue weighted by Gasteiger charge is -2.27. The number of halogens is 3. The summed E-state index contributed by atoms with van der Waals surface area (Å²) in [5.41, 5.74) is 1.70. The SMILES string of the molecule is CC[C@H](C)COc1c(Cl)cc(C(C)(C)c2ccc(OC[C@H](CCl)OC(C)=O)cc2)cc1Cl. The van der Waals surface area contributed by atoms with Gasteiger partial charge in [-0.3, -0.25) is 4.79 Å². The van der Waals surface area contributed by atoms with Crippen LogP contribution in [0.15, 0.2) is 36.4 Å². The predicted molar refractivity (Wildman–Crippen MR) is 132 cm³/mol. The van der Waals surface area contributed by atoms with E-state index in [0.29, 0.717) is 34.1 Å². The molecule has 0 amide bonds. The van der Waals surface area contributed by atoms with Crippen LogP contribution in [0.5, 0.6) is 11.5 Å². The molecule has 0 radical (unpaired) electrons. The van der Waals surface area contributed by atoms with Gasteiger partial charge in [-0.25, -0.2) is 0 Å². The van der Waals surface area contributed by atoms with E-state index in [1.54, 1.807) is 0 Å². The van der Waals surface area contributed by atoms with Crippen LogP contribution < -0.4 is 9.47 Å². The van der Waals surface area contributed by atoms with Gasteiger partial charge in [0, 0.05) is 12.3 Å². The van der Waals surface area contributed by atoms with Crippen LogP contribution in [0.3, 0.4) is 0 Å². The van der Waals surface area contributed by atoms with E-state index < -0.39 is 6.10 Å². The predicted octanol–water partition coefficient (Wildman–Crippen LogP) is 7.29. The number of carbonyl (C=O) groups is 1. The van der Waals surface area contributed by atoms with E-state index in [1.807, 2.05) is 36.4 Å². The maximum atomic E-state index is 11.1. The number of hydrogen-bond donors (Lipinski definition) is 0. The Labute approximate surface area is 206 Å². The number of esters is 1. The molecule has 7 heteroatoms. The first-order valence-electron chi connectivity index (χ1n) is 10.7. The van der Waals surface area contributed by atoms with Crippen molar-refractivity contribution in [1.29, 1.82) is 0 Å². The molecule has 0 aliphatic carbocycles. The molecule has 0 bridgehead atoms. The molecule has 2 aromatic rings. The Morgan fingerprint density at radius 2 is 1.59 bits per heavy atom. The van der Waals surface area contributed by atoms with Gasteiger partial charge in [-0.1, -0.05) is 69.5 Å². The van der Waals surface area contributed by atoms with Crippen LogP contribution in [0, 0.1) is 5.92 Å². The van der Waals surface area contributed by atoms with Crippen LogP contribution in [-0.2, 0) is 14.9 Å². The minimum atomic E-state index is -0.490. The molecule has 0 N–H and O–H groups in total. The zero-order valence-corrected chi connectivity index (χ0v) is 21.5. The summed E-state index contributed by atoms with van der Waals surface area (Å²) in [5, 5.41) is 1.00. The normalized spacial score (nSPS) is 13.4. The molecular formula is C25H31Cl3O4. The van der Waals surface area contributed by atoms with E-state index in [2.05, 4.69) is 27.7 Å². The van der Waals surface area contributed by atoms with Crippen molar-refractivity contribution in [1.82, 2.24) is 0 Å². The minimum Gasteiger partial charge on any atom is -0.490 e. The summed E-state index contributed by atoms with van der Waals surface area (Å²) < 4.78 is 16.7. The number of ether oxygens (including phenoxy) is 3. The first-order valence-corrected chi connectivity index (χ1v) is 12.0. The second-order valence-electron chi connectivity index (χ2n) is 8.44. The fourth-order valence-corrected chi connectivity index (χ4v) is 3.82. The summed E-state index contributed by atoms with van der Waals surface area (Å²) in [6, 6.07) is 11.6. The van der Waals surface area contributed by atoms with Crippen molar-refractivity contribution in [3.8, 4) is 11.5 Å². The van der Waals surface area contributed by atoms with E-state index in [4.69, 9.17) is 49.0 Å². The molecule has 0 aliphatic heterocycles. The van der Waals surface area contributed by atoms with Crippen LogP contribution in [0.1, 0.15) is 52.2 Å². The second kappa shape index (κ2) is 12.0. The molecule has 0 aromatic heterocycles. The van der Waals surface area contributed by atoms with Gasteiger partial charge in [0.05, 0.1) is 22.5 Å². The van der Waals surface area contributed by atoms with Crippen molar-refractivity contribution in [3.63, 3.8) is 0 Å². The number of alkyl halides is 1. The Kier molecular flexibility index (Phi) is 10.00. The molecule has 0 fully saturated rings. The first-order chi connectivity index (χ1) is 15.1. The lowest BCUT2D eigenvalue weighted by molar-refractivity contribution is -0.146. The minimum absolute atomic E-state index is 0.170. The number of rotatable bonds is 11. The maximum Gasteiger partial charge on any atom is 0.303 e. The van der Waals surface area contributed by atoms with Crippen LogP contribution in [-0.4, -0.2) is 31.2 Å². The highest BCUT2D eigenvalue weighted by Crippen LogP contribution is 2.41. The Morgan fingerprint density at radius 1 is 1.00 bits per heavy atom. The summed E-state index contributed by atoms with van der Waals surface area (Å²) in [7, 11) is 0. The van der Waals surface area contributed by atoms with Gasteiger partial charge in [0.1, 0.15) is 18.5 Å².